The van der Waals surface area contributed by atoms with E-state index in [1.54, 1.807) is 32.3 Å². The van der Waals surface area contributed by atoms with Gasteiger partial charge in [-0.25, -0.2) is 4.79 Å². The number of nitrogens with zero attached hydrogens (tertiary/aromatic N) is 4. The number of nitriles is 1. The number of benzene rings is 2. The number of aryl methyl sites for hydroxylation is 2. The number of fused-ring (bicyclic) bond motifs is 1. The van der Waals surface area contributed by atoms with Crippen LogP contribution in [0.4, 0.5) is 5.69 Å². The van der Waals surface area contributed by atoms with E-state index < -0.39 is 10.7 Å². The number of Topliss-reactive ketones (excluding diaryl/α,β-unsaturated/α-hetero) is 1. The minimum atomic E-state index is -0.608. The molecule has 0 saturated carbocycles. The third-order valence-electron chi connectivity index (χ3n) is 4.29. The highest BCUT2D eigenvalue weighted by molar-refractivity contribution is 6.14. The molecule has 0 fully saturated rings. The fraction of sp³-hybridized carbons (Fsp3) is 0.105. The van der Waals surface area contributed by atoms with Gasteiger partial charge in [-0.3, -0.25) is 24.0 Å². The monoisotopic (exact) mass is 362 g/mol. The van der Waals surface area contributed by atoms with Crippen molar-refractivity contribution in [1.82, 2.24) is 9.13 Å². The van der Waals surface area contributed by atoms with Gasteiger partial charge in [0.1, 0.15) is 11.6 Å². The van der Waals surface area contributed by atoms with Gasteiger partial charge in [-0.1, -0.05) is 18.2 Å². The number of ketones is 1. The molecule has 0 saturated heterocycles. The van der Waals surface area contributed by atoms with E-state index in [4.69, 9.17) is 0 Å². The highest BCUT2D eigenvalue weighted by atomic mass is 16.6. The van der Waals surface area contributed by atoms with E-state index in [-0.39, 0.29) is 22.5 Å². The molecule has 0 aliphatic rings. The van der Waals surface area contributed by atoms with Gasteiger partial charge in [0, 0.05) is 31.8 Å². The summed E-state index contributed by atoms with van der Waals surface area (Å²) in [5.74, 6) is -0.608. The van der Waals surface area contributed by atoms with Crippen LogP contribution in [0.25, 0.3) is 17.1 Å². The molecule has 8 heteroatoms. The van der Waals surface area contributed by atoms with Crippen molar-refractivity contribution in [3.05, 3.63) is 79.8 Å². The largest absolute Gasteiger partial charge is 0.328 e. The number of carbonyl (C=O) groups excluding carboxylic acids is 1. The summed E-state index contributed by atoms with van der Waals surface area (Å²) in [6, 6.07) is 12.2. The highest BCUT2D eigenvalue weighted by Gasteiger charge is 2.16. The summed E-state index contributed by atoms with van der Waals surface area (Å²) in [7, 11) is 3.30. The van der Waals surface area contributed by atoms with Gasteiger partial charge < -0.3 is 0 Å². The fourth-order valence-corrected chi connectivity index (χ4v) is 2.85. The average molecular weight is 362 g/mol. The number of carbonyl (C=O) groups is 1. The molecule has 8 nitrogen and oxygen atoms in total. The van der Waals surface area contributed by atoms with Crippen molar-refractivity contribution < 1.29 is 9.72 Å². The Balaban J connectivity index is 2.05. The average Bonchev–Trinajstić information content (AvgIpc) is 2.89. The number of nitro benzene ring substituents is 1. The summed E-state index contributed by atoms with van der Waals surface area (Å²) in [4.78, 5) is 34.9. The number of rotatable bonds is 4. The maximum atomic E-state index is 12.6. The molecule has 0 unspecified atom stereocenters. The van der Waals surface area contributed by atoms with E-state index in [0.29, 0.717) is 11.1 Å². The van der Waals surface area contributed by atoms with E-state index >= 15 is 0 Å². The third-order valence-corrected chi connectivity index (χ3v) is 4.29. The number of imidazole rings is 1. The van der Waals surface area contributed by atoms with Crippen LogP contribution in [-0.2, 0) is 14.1 Å². The Labute approximate surface area is 153 Å². The summed E-state index contributed by atoms with van der Waals surface area (Å²) in [5.41, 5.74) is 1.46. The molecule has 0 bridgehead atoms. The van der Waals surface area contributed by atoms with Crippen molar-refractivity contribution in [2.24, 2.45) is 14.1 Å². The number of hydrogen-bond donors (Lipinski definition) is 0. The van der Waals surface area contributed by atoms with Crippen molar-refractivity contribution in [3.63, 3.8) is 0 Å². The van der Waals surface area contributed by atoms with Gasteiger partial charge in [0.2, 0.25) is 5.78 Å². The minimum Gasteiger partial charge on any atom is -0.295 e. The van der Waals surface area contributed by atoms with Gasteiger partial charge in [0.15, 0.2) is 0 Å². The Kier molecular flexibility index (Phi) is 4.44. The van der Waals surface area contributed by atoms with Gasteiger partial charge in [-0.15, -0.1) is 0 Å². The molecule has 134 valence electrons. The number of hydrogen-bond acceptors (Lipinski definition) is 5. The van der Waals surface area contributed by atoms with E-state index in [1.807, 2.05) is 6.07 Å². The molecule has 0 aliphatic carbocycles. The zero-order valence-corrected chi connectivity index (χ0v) is 14.5. The third kappa shape index (κ3) is 3.14. The van der Waals surface area contributed by atoms with Crippen molar-refractivity contribution in [2.45, 2.75) is 0 Å². The minimum absolute atomic E-state index is 0.0604. The number of allylic oxidation sites excluding steroid dienone is 1. The van der Waals surface area contributed by atoms with Crippen LogP contribution < -0.4 is 5.69 Å². The zero-order chi connectivity index (χ0) is 19.7. The second-order valence-corrected chi connectivity index (χ2v) is 5.96. The summed E-state index contributed by atoms with van der Waals surface area (Å²) < 4.78 is 2.98. The highest BCUT2D eigenvalue weighted by Crippen LogP contribution is 2.20. The van der Waals surface area contributed by atoms with Crippen molar-refractivity contribution >= 4 is 28.6 Å². The predicted molar refractivity (Wildman–Crippen MR) is 99.2 cm³/mol. The fourth-order valence-electron chi connectivity index (χ4n) is 2.85. The van der Waals surface area contributed by atoms with Crippen LogP contribution in [0.2, 0.25) is 0 Å². The molecule has 0 spiro atoms. The molecule has 0 aliphatic heterocycles. The zero-order valence-electron chi connectivity index (χ0n) is 14.5. The molecule has 3 rings (SSSR count). The second-order valence-electron chi connectivity index (χ2n) is 5.96. The second kappa shape index (κ2) is 6.72. The Bertz CT molecular complexity index is 1220. The van der Waals surface area contributed by atoms with E-state index in [2.05, 4.69) is 0 Å². The maximum Gasteiger partial charge on any atom is 0.328 e. The molecular weight excluding hydrogens is 348 g/mol. The van der Waals surface area contributed by atoms with Crippen LogP contribution in [-0.4, -0.2) is 19.8 Å². The van der Waals surface area contributed by atoms with Gasteiger partial charge in [-0.2, -0.15) is 5.26 Å². The summed E-state index contributed by atoms with van der Waals surface area (Å²) in [6.07, 6.45) is 1.40. The first-order valence-electron chi connectivity index (χ1n) is 7.90. The van der Waals surface area contributed by atoms with Crippen LogP contribution in [0, 0.1) is 21.4 Å². The normalized spacial score (nSPS) is 11.4. The van der Waals surface area contributed by atoms with Crippen LogP contribution in [0.3, 0.4) is 0 Å². The summed E-state index contributed by atoms with van der Waals surface area (Å²) in [5, 5.41) is 20.3. The van der Waals surface area contributed by atoms with Gasteiger partial charge in [0.25, 0.3) is 5.69 Å². The maximum absolute atomic E-state index is 12.6. The number of nitro groups is 1. The number of aromatic nitrogens is 2. The van der Waals surface area contributed by atoms with Crippen molar-refractivity contribution in [3.8, 4) is 6.07 Å². The van der Waals surface area contributed by atoms with Crippen molar-refractivity contribution in [1.29, 1.82) is 5.26 Å². The Morgan fingerprint density at radius 3 is 2.52 bits per heavy atom. The molecule has 0 radical (unpaired) electrons. The van der Waals surface area contributed by atoms with E-state index in [9.17, 15) is 25.0 Å². The van der Waals surface area contributed by atoms with Crippen LogP contribution in [0.15, 0.2) is 52.8 Å². The van der Waals surface area contributed by atoms with Gasteiger partial charge in [-0.05, 0) is 23.8 Å². The first-order valence-corrected chi connectivity index (χ1v) is 7.90. The predicted octanol–water partition coefficient (Wildman–Crippen LogP) is 2.58. The van der Waals surface area contributed by atoms with Gasteiger partial charge >= 0.3 is 5.69 Å². The lowest BCUT2D eigenvalue weighted by atomic mass is 10.0. The molecule has 0 atom stereocenters. The lowest BCUT2D eigenvalue weighted by molar-refractivity contribution is -0.384. The van der Waals surface area contributed by atoms with Gasteiger partial charge in [0.05, 0.1) is 16.0 Å². The first-order chi connectivity index (χ1) is 12.8. The quantitative estimate of drug-likeness (QED) is 0.233. The Morgan fingerprint density at radius 2 is 1.85 bits per heavy atom. The summed E-state index contributed by atoms with van der Waals surface area (Å²) >= 11 is 0. The van der Waals surface area contributed by atoms with Crippen LogP contribution in [0.5, 0.6) is 0 Å². The van der Waals surface area contributed by atoms with E-state index in [0.717, 1.165) is 11.6 Å². The standard InChI is InChI=1S/C19H14N4O4/c1-21-16-7-6-12(9-17(16)22(2)19(21)25)8-14(11-20)18(24)13-4-3-5-15(10-13)23(26)27/h3-10H,1-2H3. The smallest absolute Gasteiger partial charge is 0.295 e. The molecule has 27 heavy (non-hydrogen) atoms. The molecule has 0 N–H and O–H groups in total. The van der Waals surface area contributed by atoms with Crippen LogP contribution >= 0.6 is 0 Å². The molecule has 1 aromatic heterocycles. The summed E-state index contributed by atoms with van der Waals surface area (Å²) in [6.45, 7) is 0. The lowest BCUT2D eigenvalue weighted by Gasteiger charge is -2.01. The molecular formula is C19H14N4O4. The Morgan fingerprint density at radius 1 is 1.15 bits per heavy atom. The molecule has 2 aromatic carbocycles. The Hall–Kier alpha value is -3.99. The first kappa shape index (κ1) is 17.8. The molecule has 0 amide bonds. The SMILES string of the molecule is Cn1c(=O)n(C)c2cc(C=C(C#N)C(=O)c3cccc([N+](=O)[O-])c3)ccc21. The van der Waals surface area contributed by atoms with Crippen molar-refractivity contribution in [2.75, 3.05) is 0 Å². The number of non-ortho nitro benzene ring substituents is 1. The van der Waals surface area contributed by atoms with Crippen LogP contribution in [0.1, 0.15) is 15.9 Å². The molecule has 1 heterocycles. The topological polar surface area (TPSA) is 111 Å². The van der Waals surface area contributed by atoms with E-state index in [1.165, 1.54) is 33.4 Å². The lowest BCUT2D eigenvalue weighted by Crippen LogP contribution is -2.19. The molecule has 3 aromatic rings.